The molecule has 0 radical (unpaired) electrons. The van der Waals surface area contributed by atoms with Crippen LogP contribution in [0.15, 0.2) is 22.7 Å². The third kappa shape index (κ3) is 2.94. The molecule has 0 bridgehead atoms. The first-order valence-corrected chi connectivity index (χ1v) is 6.29. The molecule has 5 heteroatoms. The summed E-state index contributed by atoms with van der Waals surface area (Å²) in [5, 5.41) is 2.97. The second-order valence-electron chi connectivity index (χ2n) is 4.61. The summed E-state index contributed by atoms with van der Waals surface area (Å²) in [6, 6.07) is 4.18. The minimum atomic E-state index is -4.31. The van der Waals surface area contributed by atoms with Gasteiger partial charge < -0.3 is 5.32 Å². The molecular formula is C12H13BrF3N. The van der Waals surface area contributed by atoms with Crippen LogP contribution in [0.1, 0.15) is 25.3 Å². The number of benzene rings is 1. The monoisotopic (exact) mass is 307 g/mol. The third-order valence-corrected chi connectivity index (χ3v) is 3.51. The highest BCUT2D eigenvalue weighted by Gasteiger charge is 2.35. The Morgan fingerprint density at radius 1 is 1.29 bits per heavy atom. The molecule has 1 nitrogen and oxygen atoms in total. The zero-order valence-electron chi connectivity index (χ0n) is 9.31. The van der Waals surface area contributed by atoms with Crippen LogP contribution in [0.4, 0.5) is 18.9 Å². The number of rotatable bonds is 2. The van der Waals surface area contributed by atoms with E-state index in [2.05, 4.69) is 28.2 Å². The molecular weight excluding hydrogens is 295 g/mol. The van der Waals surface area contributed by atoms with Crippen LogP contribution in [0.25, 0.3) is 0 Å². The largest absolute Gasteiger partial charge is 0.418 e. The van der Waals surface area contributed by atoms with Gasteiger partial charge in [-0.25, -0.2) is 0 Å². The van der Waals surface area contributed by atoms with Crippen molar-refractivity contribution >= 4 is 21.6 Å². The van der Waals surface area contributed by atoms with Crippen molar-refractivity contribution in [2.75, 3.05) is 5.32 Å². The van der Waals surface area contributed by atoms with Crippen LogP contribution in [0, 0.1) is 5.92 Å². The first-order chi connectivity index (χ1) is 7.86. The van der Waals surface area contributed by atoms with Crippen molar-refractivity contribution in [1.29, 1.82) is 0 Å². The van der Waals surface area contributed by atoms with Crippen molar-refractivity contribution in [1.82, 2.24) is 0 Å². The summed E-state index contributed by atoms with van der Waals surface area (Å²) in [4.78, 5) is 0. The Morgan fingerprint density at radius 2 is 1.94 bits per heavy atom. The summed E-state index contributed by atoms with van der Waals surface area (Å²) in [6.07, 6.45) is -2.44. The number of alkyl halides is 3. The molecule has 1 aliphatic rings. The summed E-state index contributed by atoms with van der Waals surface area (Å²) < 4.78 is 39.0. The predicted molar refractivity (Wildman–Crippen MR) is 65.0 cm³/mol. The van der Waals surface area contributed by atoms with E-state index in [0.29, 0.717) is 10.4 Å². The van der Waals surface area contributed by atoms with Gasteiger partial charge in [0.25, 0.3) is 0 Å². The summed E-state index contributed by atoms with van der Waals surface area (Å²) in [5.41, 5.74) is -0.427. The maximum absolute atomic E-state index is 12.8. The lowest BCUT2D eigenvalue weighted by atomic mass is 9.81. The SMILES string of the molecule is CC1CC(Nc2cc(Br)ccc2C(F)(F)F)C1. The lowest BCUT2D eigenvalue weighted by molar-refractivity contribution is -0.137. The highest BCUT2D eigenvalue weighted by Crippen LogP contribution is 2.38. The zero-order chi connectivity index (χ0) is 12.6. The smallest absolute Gasteiger partial charge is 0.382 e. The Labute approximate surface area is 107 Å². The topological polar surface area (TPSA) is 12.0 Å². The predicted octanol–water partition coefficient (Wildman–Crippen LogP) is 4.68. The van der Waals surface area contributed by atoms with Crippen LogP contribution in [-0.4, -0.2) is 6.04 Å². The van der Waals surface area contributed by atoms with Crippen molar-refractivity contribution in [2.24, 2.45) is 5.92 Å². The molecule has 1 N–H and O–H groups in total. The molecule has 0 unspecified atom stereocenters. The van der Waals surface area contributed by atoms with E-state index in [1.54, 1.807) is 0 Å². The molecule has 1 aliphatic carbocycles. The molecule has 1 saturated carbocycles. The van der Waals surface area contributed by atoms with E-state index in [4.69, 9.17) is 0 Å². The van der Waals surface area contributed by atoms with Crippen molar-refractivity contribution in [3.63, 3.8) is 0 Å². The fourth-order valence-corrected chi connectivity index (χ4v) is 2.48. The molecule has 2 rings (SSSR count). The van der Waals surface area contributed by atoms with E-state index < -0.39 is 11.7 Å². The number of hydrogen-bond donors (Lipinski definition) is 1. The van der Waals surface area contributed by atoms with E-state index in [1.807, 2.05) is 0 Å². The van der Waals surface area contributed by atoms with Gasteiger partial charge in [-0.3, -0.25) is 0 Å². The van der Waals surface area contributed by atoms with E-state index >= 15 is 0 Å². The minimum Gasteiger partial charge on any atom is -0.382 e. The van der Waals surface area contributed by atoms with Gasteiger partial charge in [0.1, 0.15) is 0 Å². The van der Waals surface area contributed by atoms with E-state index in [0.717, 1.165) is 18.9 Å². The zero-order valence-corrected chi connectivity index (χ0v) is 10.9. The van der Waals surface area contributed by atoms with Gasteiger partial charge in [0.15, 0.2) is 0 Å². The van der Waals surface area contributed by atoms with Crippen LogP contribution in [0.2, 0.25) is 0 Å². The maximum atomic E-state index is 12.8. The van der Waals surface area contributed by atoms with E-state index in [9.17, 15) is 13.2 Å². The molecule has 1 fully saturated rings. The van der Waals surface area contributed by atoms with Crippen LogP contribution < -0.4 is 5.32 Å². The lowest BCUT2D eigenvalue weighted by Crippen LogP contribution is -2.34. The van der Waals surface area contributed by atoms with Crippen LogP contribution in [0.5, 0.6) is 0 Å². The lowest BCUT2D eigenvalue weighted by Gasteiger charge is -2.34. The molecule has 0 amide bonds. The summed E-state index contributed by atoms with van der Waals surface area (Å²) in [5.74, 6) is 0.606. The second-order valence-corrected chi connectivity index (χ2v) is 5.52. The fourth-order valence-electron chi connectivity index (χ4n) is 2.12. The van der Waals surface area contributed by atoms with Crippen LogP contribution in [0.3, 0.4) is 0 Å². The van der Waals surface area contributed by atoms with Crippen molar-refractivity contribution in [2.45, 2.75) is 32.0 Å². The van der Waals surface area contributed by atoms with Crippen LogP contribution >= 0.6 is 15.9 Å². The Morgan fingerprint density at radius 3 is 2.47 bits per heavy atom. The number of halogens is 4. The molecule has 1 aromatic rings. The van der Waals surface area contributed by atoms with Gasteiger partial charge >= 0.3 is 6.18 Å². The number of hydrogen-bond acceptors (Lipinski definition) is 1. The van der Waals surface area contributed by atoms with Crippen molar-refractivity contribution in [3.8, 4) is 0 Å². The first kappa shape index (κ1) is 12.7. The Bertz CT molecular complexity index is 411. The first-order valence-electron chi connectivity index (χ1n) is 5.49. The molecule has 0 saturated heterocycles. The van der Waals surface area contributed by atoms with Gasteiger partial charge in [-0.15, -0.1) is 0 Å². The van der Waals surface area contributed by atoms with E-state index in [-0.39, 0.29) is 11.7 Å². The van der Waals surface area contributed by atoms with Gasteiger partial charge in [0, 0.05) is 16.2 Å². The standard InChI is InChI=1S/C12H13BrF3N/c1-7-4-9(5-7)17-11-6-8(13)2-3-10(11)12(14,15)16/h2-3,6-7,9,17H,4-5H2,1H3. The molecule has 0 heterocycles. The quantitative estimate of drug-likeness (QED) is 0.836. The molecule has 0 spiro atoms. The Kier molecular flexibility index (Phi) is 3.39. The maximum Gasteiger partial charge on any atom is 0.418 e. The summed E-state index contributed by atoms with van der Waals surface area (Å²) in [6.45, 7) is 2.10. The Balaban J connectivity index is 2.21. The minimum absolute atomic E-state index is 0.167. The summed E-state index contributed by atoms with van der Waals surface area (Å²) in [7, 11) is 0. The highest BCUT2D eigenvalue weighted by atomic mass is 79.9. The fraction of sp³-hybridized carbons (Fsp3) is 0.500. The molecule has 0 aliphatic heterocycles. The van der Waals surface area contributed by atoms with Gasteiger partial charge in [-0.1, -0.05) is 22.9 Å². The highest BCUT2D eigenvalue weighted by molar-refractivity contribution is 9.10. The van der Waals surface area contributed by atoms with Gasteiger partial charge in [0.2, 0.25) is 0 Å². The number of anilines is 1. The summed E-state index contributed by atoms with van der Waals surface area (Å²) >= 11 is 3.20. The molecule has 1 aromatic carbocycles. The van der Waals surface area contributed by atoms with Gasteiger partial charge in [-0.05, 0) is 37.0 Å². The van der Waals surface area contributed by atoms with Crippen LogP contribution in [-0.2, 0) is 6.18 Å². The normalized spacial score (nSPS) is 24.3. The third-order valence-electron chi connectivity index (χ3n) is 3.02. The second kappa shape index (κ2) is 4.52. The van der Waals surface area contributed by atoms with E-state index in [1.165, 1.54) is 12.1 Å². The molecule has 94 valence electrons. The molecule has 0 aromatic heterocycles. The Hall–Kier alpha value is -0.710. The van der Waals surface area contributed by atoms with Crippen molar-refractivity contribution in [3.05, 3.63) is 28.2 Å². The molecule has 17 heavy (non-hydrogen) atoms. The average Bonchev–Trinajstić information content (AvgIpc) is 2.13. The van der Waals surface area contributed by atoms with Crippen molar-refractivity contribution < 1.29 is 13.2 Å². The number of nitrogens with one attached hydrogen (secondary N) is 1. The van der Waals surface area contributed by atoms with Gasteiger partial charge in [-0.2, -0.15) is 13.2 Å². The van der Waals surface area contributed by atoms with Gasteiger partial charge in [0.05, 0.1) is 5.56 Å². The molecule has 0 atom stereocenters. The average molecular weight is 308 g/mol.